The molecule has 0 unspecified atom stereocenters. The molecule has 0 N–H and O–H groups in total. The van der Waals surface area contributed by atoms with Crippen LogP contribution in [0.3, 0.4) is 0 Å². The quantitative estimate of drug-likeness (QED) is 0.459. The zero-order chi connectivity index (χ0) is 16.0. The normalized spacial score (nSPS) is 12.8. The van der Waals surface area contributed by atoms with Gasteiger partial charge >= 0.3 is 5.97 Å². The molecule has 1 aromatic rings. The molecule has 0 aliphatic rings. The van der Waals surface area contributed by atoms with Crippen molar-refractivity contribution in [2.45, 2.75) is 71.1 Å². The molecular weight excluding hydrogens is 276 g/mol. The monoisotopic (exact) mass is 306 g/mol. The van der Waals surface area contributed by atoms with E-state index in [4.69, 9.17) is 4.42 Å². The van der Waals surface area contributed by atoms with E-state index >= 15 is 0 Å². The van der Waals surface area contributed by atoms with E-state index in [-0.39, 0.29) is 5.97 Å². The van der Waals surface area contributed by atoms with Crippen LogP contribution in [0.1, 0.15) is 71.1 Å². The maximum atomic E-state index is 11.0. The molecule has 1 rings (SSSR count). The Morgan fingerprint density at radius 2 is 1.59 bits per heavy atom. The van der Waals surface area contributed by atoms with E-state index < -0.39 is 0 Å². The van der Waals surface area contributed by atoms with Gasteiger partial charge in [0.1, 0.15) is 10.8 Å². The maximum Gasteiger partial charge on any atom is 0.305 e. The molecule has 0 radical (unpaired) electrons. The smallest absolute Gasteiger partial charge is 0.305 e. The van der Waals surface area contributed by atoms with Crippen molar-refractivity contribution in [1.29, 1.82) is 0 Å². The number of carbonyl (C=O) groups is 1. The Kier molecular flexibility index (Phi) is 10.2. The van der Waals surface area contributed by atoms with Crippen molar-refractivity contribution in [3.8, 4) is 0 Å². The molecular formula is C19H30O3. The first kappa shape index (κ1) is 18.5. The molecule has 22 heavy (non-hydrogen) atoms. The Hall–Kier alpha value is -1.51. The number of ether oxygens (including phenoxy) is 1. The molecule has 124 valence electrons. The molecule has 0 atom stereocenters. The Balaban J connectivity index is 2.18. The Morgan fingerprint density at radius 3 is 2.18 bits per heavy atom. The van der Waals surface area contributed by atoms with E-state index in [1.54, 1.807) is 0 Å². The van der Waals surface area contributed by atoms with E-state index in [0.29, 0.717) is 6.42 Å². The highest BCUT2D eigenvalue weighted by molar-refractivity contribution is 5.68. The van der Waals surface area contributed by atoms with Crippen molar-refractivity contribution in [3.05, 3.63) is 23.0 Å². The summed E-state index contributed by atoms with van der Waals surface area (Å²) in [4.78, 5) is 11.0. The van der Waals surface area contributed by atoms with E-state index in [1.807, 2.05) is 12.1 Å². The molecule has 0 saturated carbocycles. The Bertz CT molecular complexity index is 513. The standard InChI is InChI=1S/C19H30O3/c1-3-4-5-9-12-17-15-16-18(22-17)13-10-7-6-8-11-14-19(20)21-2/h12-13,15-16H,3-11,14H2,1-2H3. The molecule has 0 amide bonds. The minimum absolute atomic E-state index is 0.107. The lowest BCUT2D eigenvalue weighted by Crippen LogP contribution is -1.99. The summed E-state index contributed by atoms with van der Waals surface area (Å²) in [6.07, 6.45) is 15.1. The van der Waals surface area contributed by atoms with Crippen molar-refractivity contribution < 1.29 is 13.9 Å². The summed E-state index contributed by atoms with van der Waals surface area (Å²) in [5.74, 6) is -0.107. The molecule has 0 aliphatic heterocycles. The molecule has 0 aromatic carbocycles. The third-order valence-electron chi connectivity index (χ3n) is 3.71. The van der Waals surface area contributed by atoms with Gasteiger partial charge in [-0.2, -0.15) is 0 Å². The van der Waals surface area contributed by atoms with Crippen LogP contribution >= 0.6 is 0 Å². The lowest BCUT2D eigenvalue weighted by Gasteiger charge is -1.98. The third-order valence-corrected chi connectivity index (χ3v) is 3.71. The van der Waals surface area contributed by atoms with E-state index in [9.17, 15) is 4.79 Å². The molecule has 0 spiro atoms. The predicted molar refractivity (Wildman–Crippen MR) is 90.7 cm³/mol. The fourth-order valence-electron chi connectivity index (χ4n) is 2.34. The van der Waals surface area contributed by atoms with E-state index in [2.05, 4.69) is 23.8 Å². The summed E-state index contributed by atoms with van der Waals surface area (Å²) in [5, 5.41) is 0. The molecule has 0 saturated heterocycles. The summed E-state index contributed by atoms with van der Waals surface area (Å²) in [7, 11) is 1.44. The third kappa shape index (κ3) is 8.71. The predicted octanol–water partition coefficient (Wildman–Crippen LogP) is 3.93. The van der Waals surface area contributed by atoms with Crippen LogP contribution in [0.4, 0.5) is 0 Å². The van der Waals surface area contributed by atoms with Gasteiger partial charge in [-0.05, 0) is 56.4 Å². The summed E-state index contributed by atoms with van der Waals surface area (Å²) in [6, 6.07) is 4.09. The number of methoxy groups -OCH3 is 1. The second kappa shape index (κ2) is 12.1. The number of esters is 1. The second-order valence-corrected chi connectivity index (χ2v) is 5.67. The largest absolute Gasteiger partial charge is 0.469 e. The Morgan fingerprint density at radius 1 is 1.00 bits per heavy atom. The van der Waals surface area contributed by atoms with Gasteiger partial charge < -0.3 is 9.15 Å². The fourth-order valence-corrected chi connectivity index (χ4v) is 2.34. The summed E-state index contributed by atoms with van der Waals surface area (Å²) in [5.41, 5.74) is 1.96. The average molecular weight is 306 g/mol. The summed E-state index contributed by atoms with van der Waals surface area (Å²) >= 11 is 0. The van der Waals surface area contributed by atoms with E-state index in [1.165, 1.54) is 26.4 Å². The summed E-state index contributed by atoms with van der Waals surface area (Å²) < 4.78 is 10.4. The van der Waals surface area contributed by atoms with Gasteiger partial charge in [0.25, 0.3) is 0 Å². The number of unbranched alkanes of at least 4 members (excludes halogenated alkanes) is 7. The van der Waals surface area contributed by atoms with Crippen LogP contribution in [0.5, 0.6) is 0 Å². The van der Waals surface area contributed by atoms with Gasteiger partial charge in [0.15, 0.2) is 0 Å². The van der Waals surface area contributed by atoms with Gasteiger partial charge in [0, 0.05) is 6.42 Å². The van der Waals surface area contributed by atoms with Crippen LogP contribution < -0.4 is 10.8 Å². The lowest BCUT2D eigenvalue weighted by atomic mass is 10.1. The van der Waals surface area contributed by atoms with Crippen LogP contribution in [-0.2, 0) is 9.53 Å². The molecule has 0 bridgehead atoms. The highest BCUT2D eigenvalue weighted by Gasteiger charge is 1.98. The van der Waals surface area contributed by atoms with Crippen LogP contribution in [0.2, 0.25) is 0 Å². The molecule has 0 aliphatic carbocycles. The minimum atomic E-state index is -0.107. The fraction of sp³-hybridized carbons (Fsp3) is 0.632. The SMILES string of the molecule is CCCCCC=c1ccc(=CCCCCCCC(=O)OC)o1. The first-order valence-electron chi connectivity index (χ1n) is 8.59. The van der Waals surface area contributed by atoms with Crippen molar-refractivity contribution in [2.24, 2.45) is 0 Å². The average Bonchev–Trinajstić information content (AvgIpc) is 2.98. The number of hydrogen-bond acceptors (Lipinski definition) is 3. The second-order valence-electron chi connectivity index (χ2n) is 5.67. The maximum absolute atomic E-state index is 11.0. The van der Waals surface area contributed by atoms with Gasteiger partial charge in [0.05, 0.1) is 7.11 Å². The van der Waals surface area contributed by atoms with Gasteiger partial charge in [0.2, 0.25) is 0 Å². The number of rotatable bonds is 11. The van der Waals surface area contributed by atoms with Crippen molar-refractivity contribution >= 4 is 18.1 Å². The van der Waals surface area contributed by atoms with E-state index in [0.717, 1.165) is 49.4 Å². The van der Waals surface area contributed by atoms with Crippen molar-refractivity contribution in [3.63, 3.8) is 0 Å². The van der Waals surface area contributed by atoms with Crippen LogP contribution in [0.15, 0.2) is 16.5 Å². The highest BCUT2D eigenvalue weighted by Crippen LogP contribution is 2.06. The molecule has 0 fully saturated rings. The number of hydrogen-bond donors (Lipinski definition) is 0. The lowest BCUT2D eigenvalue weighted by molar-refractivity contribution is -0.140. The van der Waals surface area contributed by atoms with Gasteiger partial charge in [-0.3, -0.25) is 4.79 Å². The van der Waals surface area contributed by atoms with Gasteiger partial charge in [-0.1, -0.05) is 32.6 Å². The summed E-state index contributed by atoms with van der Waals surface area (Å²) in [6.45, 7) is 2.22. The highest BCUT2D eigenvalue weighted by atomic mass is 16.5. The van der Waals surface area contributed by atoms with Gasteiger partial charge in [-0.15, -0.1) is 0 Å². The first-order valence-corrected chi connectivity index (χ1v) is 8.59. The molecule has 3 heteroatoms. The Labute approximate surface area is 134 Å². The minimum Gasteiger partial charge on any atom is -0.469 e. The molecule has 1 aromatic heterocycles. The van der Waals surface area contributed by atoms with Crippen LogP contribution in [0, 0.1) is 0 Å². The van der Waals surface area contributed by atoms with Crippen LogP contribution in [-0.4, -0.2) is 13.1 Å². The van der Waals surface area contributed by atoms with Crippen molar-refractivity contribution in [1.82, 2.24) is 0 Å². The van der Waals surface area contributed by atoms with Gasteiger partial charge in [-0.25, -0.2) is 0 Å². The zero-order valence-electron chi connectivity index (χ0n) is 14.1. The first-order chi connectivity index (χ1) is 10.8. The zero-order valence-corrected chi connectivity index (χ0v) is 14.1. The number of furan rings is 1. The van der Waals surface area contributed by atoms with Crippen molar-refractivity contribution in [2.75, 3.05) is 7.11 Å². The topological polar surface area (TPSA) is 39.4 Å². The molecule has 1 heterocycles. The molecule has 3 nitrogen and oxygen atoms in total. The van der Waals surface area contributed by atoms with Crippen LogP contribution in [0.25, 0.3) is 12.2 Å². The number of carbonyl (C=O) groups excluding carboxylic acids is 1.